The number of aromatic nitrogens is 1. The molecule has 2 rings (SSSR count). The number of rotatable bonds is 0. The van der Waals surface area contributed by atoms with Crippen LogP contribution in [0.15, 0.2) is 16.5 Å². The van der Waals surface area contributed by atoms with Crippen LogP contribution in [0.5, 0.6) is 5.75 Å². The van der Waals surface area contributed by atoms with E-state index in [1.807, 2.05) is 34.6 Å². The minimum Gasteiger partial charge on any atom is -0.508 e. The molecule has 3 nitrogen and oxygen atoms in total. The highest BCUT2D eigenvalue weighted by Crippen LogP contribution is 2.24. The van der Waals surface area contributed by atoms with E-state index in [1.54, 1.807) is 19.1 Å². The Morgan fingerprint density at radius 3 is 2.19 bits per heavy atom. The van der Waals surface area contributed by atoms with E-state index in [1.165, 1.54) is 0 Å². The van der Waals surface area contributed by atoms with Crippen molar-refractivity contribution in [2.24, 2.45) is 0 Å². The molecule has 1 aromatic heterocycles. The molecule has 16 heavy (non-hydrogen) atoms. The zero-order chi connectivity index (χ0) is 12.7. The zero-order valence-electron chi connectivity index (χ0n) is 11.0. The predicted octanol–water partition coefficient (Wildman–Crippen LogP) is 4.20. The molecule has 0 saturated carbocycles. The van der Waals surface area contributed by atoms with Gasteiger partial charge in [0.1, 0.15) is 11.3 Å². The molecule has 0 radical (unpaired) electrons. The SMILES string of the molecule is CC.CC.Cc1nc2cc(O)c(C)cc2o1. The normalized spacial score (nSPS) is 8.88. The third-order valence-electron chi connectivity index (χ3n) is 1.81. The maximum atomic E-state index is 9.34. The van der Waals surface area contributed by atoms with E-state index in [9.17, 15) is 5.11 Å². The Labute approximate surface area is 97.1 Å². The van der Waals surface area contributed by atoms with Crippen LogP contribution in [0.3, 0.4) is 0 Å². The first-order chi connectivity index (χ1) is 7.66. The van der Waals surface area contributed by atoms with Gasteiger partial charge in [-0.15, -0.1) is 0 Å². The van der Waals surface area contributed by atoms with Gasteiger partial charge in [0.2, 0.25) is 0 Å². The van der Waals surface area contributed by atoms with Crippen LogP contribution in [0.2, 0.25) is 0 Å². The van der Waals surface area contributed by atoms with Crippen molar-refractivity contribution in [3.63, 3.8) is 0 Å². The molecule has 1 N–H and O–H groups in total. The van der Waals surface area contributed by atoms with Crippen molar-refractivity contribution in [1.29, 1.82) is 0 Å². The van der Waals surface area contributed by atoms with Crippen molar-refractivity contribution in [3.05, 3.63) is 23.6 Å². The van der Waals surface area contributed by atoms with E-state index in [0.717, 1.165) is 11.1 Å². The standard InChI is InChI=1S/C9H9NO2.2C2H6/c1-5-3-9-7(4-8(5)11)10-6(2)12-9;2*1-2/h3-4,11H,1-2H3;2*1-2H3. The van der Waals surface area contributed by atoms with Crippen LogP contribution >= 0.6 is 0 Å². The number of fused-ring (bicyclic) bond motifs is 1. The van der Waals surface area contributed by atoms with E-state index in [-0.39, 0.29) is 5.75 Å². The smallest absolute Gasteiger partial charge is 0.192 e. The molecule has 3 heteroatoms. The van der Waals surface area contributed by atoms with Gasteiger partial charge in [-0.1, -0.05) is 27.7 Å². The molecule has 1 aromatic carbocycles. The number of aromatic hydroxyl groups is 1. The van der Waals surface area contributed by atoms with E-state index >= 15 is 0 Å². The highest BCUT2D eigenvalue weighted by molar-refractivity contribution is 5.75. The highest BCUT2D eigenvalue weighted by Gasteiger charge is 2.04. The maximum absolute atomic E-state index is 9.34. The second kappa shape index (κ2) is 6.88. The second-order valence-corrected chi connectivity index (χ2v) is 2.84. The highest BCUT2D eigenvalue weighted by atomic mass is 16.3. The summed E-state index contributed by atoms with van der Waals surface area (Å²) in [6, 6.07) is 3.39. The minimum atomic E-state index is 0.260. The Kier molecular flexibility index (Phi) is 6.23. The Morgan fingerprint density at radius 1 is 1.06 bits per heavy atom. The molecule has 0 aliphatic heterocycles. The van der Waals surface area contributed by atoms with Gasteiger partial charge in [-0.05, 0) is 18.6 Å². The van der Waals surface area contributed by atoms with Crippen molar-refractivity contribution in [2.45, 2.75) is 41.5 Å². The second-order valence-electron chi connectivity index (χ2n) is 2.84. The van der Waals surface area contributed by atoms with Gasteiger partial charge < -0.3 is 9.52 Å². The molecule has 90 valence electrons. The lowest BCUT2D eigenvalue weighted by molar-refractivity contribution is 0.471. The van der Waals surface area contributed by atoms with Gasteiger partial charge in [0.15, 0.2) is 11.5 Å². The molecular weight excluding hydrogens is 202 g/mol. The van der Waals surface area contributed by atoms with Crippen LogP contribution in [0.25, 0.3) is 11.1 Å². The van der Waals surface area contributed by atoms with E-state index in [2.05, 4.69) is 4.98 Å². The molecule has 0 aliphatic carbocycles. The van der Waals surface area contributed by atoms with Gasteiger partial charge in [-0.25, -0.2) is 4.98 Å². The van der Waals surface area contributed by atoms with Gasteiger partial charge in [-0.3, -0.25) is 0 Å². The molecule has 0 bridgehead atoms. The topological polar surface area (TPSA) is 46.3 Å². The summed E-state index contributed by atoms with van der Waals surface area (Å²) >= 11 is 0. The number of phenolic OH excluding ortho intramolecular Hbond substituents is 1. The summed E-state index contributed by atoms with van der Waals surface area (Å²) in [7, 11) is 0. The molecular formula is C13H21NO2. The zero-order valence-corrected chi connectivity index (χ0v) is 11.0. The van der Waals surface area contributed by atoms with Gasteiger partial charge >= 0.3 is 0 Å². The third-order valence-corrected chi connectivity index (χ3v) is 1.81. The Hall–Kier alpha value is -1.51. The number of aryl methyl sites for hydroxylation is 2. The number of hydrogen-bond acceptors (Lipinski definition) is 3. The predicted molar refractivity (Wildman–Crippen MR) is 67.8 cm³/mol. The first kappa shape index (κ1) is 14.5. The Bertz CT molecular complexity index is 394. The average molecular weight is 223 g/mol. The third kappa shape index (κ3) is 3.26. The van der Waals surface area contributed by atoms with Gasteiger partial charge in [0.05, 0.1) is 0 Å². The van der Waals surface area contributed by atoms with E-state index in [0.29, 0.717) is 11.4 Å². The van der Waals surface area contributed by atoms with Crippen molar-refractivity contribution in [1.82, 2.24) is 4.98 Å². The fourth-order valence-electron chi connectivity index (χ4n) is 1.18. The van der Waals surface area contributed by atoms with Crippen molar-refractivity contribution < 1.29 is 9.52 Å². The first-order valence-electron chi connectivity index (χ1n) is 5.73. The molecule has 0 unspecified atom stereocenters. The molecule has 0 aliphatic rings. The molecule has 0 atom stereocenters. The van der Waals surface area contributed by atoms with Crippen molar-refractivity contribution >= 4 is 11.1 Å². The minimum absolute atomic E-state index is 0.260. The Balaban J connectivity index is 0.000000509. The van der Waals surface area contributed by atoms with Crippen LogP contribution < -0.4 is 0 Å². The van der Waals surface area contributed by atoms with Crippen LogP contribution in [0.4, 0.5) is 0 Å². The van der Waals surface area contributed by atoms with Crippen LogP contribution in [-0.2, 0) is 0 Å². The summed E-state index contributed by atoms with van der Waals surface area (Å²) in [5, 5.41) is 9.34. The molecule has 0 spiro atoms. The van der Waals surface area contributed by atoms with Crippen molar-refractivity contribution in [2.75, 3.05) is 0 Å². The van der Waals surface area contributed by atoms with Crippen molar-refractivity contribution in [3.8, 4) is 5.75 Å². The van der Waals surface area contributed by atoms with Crippen LogP contribution in [0.1, 0.15) is 39.1 Å². The number of nitrogens with zero attached hydrogens (tertiary/aromatic N) is 1. The molecule has 1 heterocycles. The maximum Gasteiger partial charge on any atom is 0.192 e. The quantitative estimate of drug-likeness (QED) is 0.728. The van der Waals surface area contributed by atoms with E-state index < -0.39 is 0 Å². The van der Waals surface area contributed by atoms with Gasteiger partial charge in [0, 0.05) is 13.0 Å². The number of phenols is 1. The lowest BCUT2D eigenvalue weighted by atomic mass is 10.2. The van der Waals surface area contributed by atoms with Crippen LogP contribution in [0, 0.1) is 13.8 Å². The molecule has 0 amide bonds. The van der Waals surface area contributed by atoms with E-state index in [4.69, 9.17) is 4.42 Å². The summed E-state index contributed by atoms with van der Waals surface area (Å²) in [5.41, 5.74) is 2.23. The lowest BCUT2D eigenvalue weighted by Gasteiger charge is -1.94. The van der Waals surface area contributed by atoms with Crippen LogP contribution in [-0.4, -0.2) is 10.1 Å². The number of oxazole rings is 1. The molecule has 0 fully saturated rings. The fourth-order valence-corrected chi connectivity index (χ4v) is 1.18. The number of benzene rings is 1. The summed E-state index contributed by atoms with van der Waals surface area (Å²) in [6.45, 7) is 11.6. The summed E-state index contributed by atoms with van der Waals surface area (Å²) in [6.07, 6.45) is 0. The summed E-state index contributed by atoms with van der Waals surface area (Å²) in [4.78, 5) is 4.09. The van der Waals surface area contributed by atoms with Gasteiger partial charge in [0.25, 0.3) is 0 Å². The first-order valence-corrected chi connectivity index (χ1v) is 5.73. The molecule has 2 aromatic rings. The monoisotopic (exact) mass is 223 g/mol. The number of hydrogen-bond donors (Lipinski definition) is 1. The molecule has 0 saturated heterocycles. The largest absolute Gasteiger partial charge is 0.508 e. The Morgan fingerprint density at radius 2 is 1.62 bits per heavy atom. The summed E-state index contributed by atoms with van der Waals surface area (Å²) < 4.78 is 5.28. The summed E-state index contributed by atoms with van der Waals surface area (Å²) in [5.74, 6) is 0.880. The van der Waals surface area contributed by atoms with Gasteiger partial charge in [-0.2, -0.15) is 0 Å². The fraction of sp³-hybridized carbons (Fsp3) is 0.462. The average Bonchev–Trinajstić information content (AvgIpc) is 2.64. The lowest BCUT2D eigenvalue weighted by Crippen LogP contribution is -1.74.